The first-order chi connectivity index (χ1) is 5.79. The lowest BCUT2D eigenvalue weighted by Gasteiger charge is -2.12. The molecule has 0 aliphatic carbocycles. The molecule has 1 unspecified atom stereocenters. The van der Waals surface area contributed by atoms with Gasteiger partial charge >= 0.3 is 0 Å². The SMILES string of the molecule is CCc1ccccc1C(N)CO. The topological polar surface area (TPSA) is 46.2 Å². The van der Waals surface area contributed by atoms with E-state index in [1.54, 1.807) is 0 Å². The summed E-state index contributed by atoms with van der Waals surface area (Å²) in [4.78, 5) is 0. The van der Waals surface area contributed by atoms with Crippen LogP contribution in [0.4, 0.5) is 0 Å². The zero-order valence-corrected chi connectivity index (χ0v) is 7.33. The largest absolute Gasteiger partial charge is 0.394 e. The molecule has 0 aromatic heterocycles. The van der Waals surface area contributed by atoms with Gasteiger partial charge in [0, 0.05) is 0 Å². The highest BCUT2D eigenvalue weighted by Gasteiger charge is 2.06. The summed E-state index contributed by atoms with van der Waals surface area (Å²) in [6, 6.07) is 7.72. The fourth-order valence-corrected chi connectivity index (χ4v) is 1.32. The Morgan fingerprint density at radius 3 is 2.67 bits per heavy atom. The number of nitrogens with two attached hydrogens (primary N) is 1. The average molecular weight is 165 g/mol. The summed E-state index contributed by atoms with van der Waals surface area (Å²) in [6.45, 7) is 2.10. The molecule has 0 heterocycles. The third-order valence-electron chi connectivity index (χ3n) is 2.03. The Labute approximate surface area is 73.0 Å². The predicted molar refractivity (Wildman–Crippen MR) is 49.8 cm³/mol. The summed E-state index contributed by atoms with van der Waals surface area (Å²) in [5.74, 6) is 0. The van der Waals surface area contributed by atoms with Gasteiger partial charge in [-0.25, -0.2) is 0 Å². The van der Waals surface area contributed by atoms with Gasteiger partial charge in [0.2, 0.25) is 0 Å². The summed E-state index contributed by atoms with van der Waals surface area (Å²) in [5.41, 5.74) is 8.00. The number of aliphatic hydroxyl groups excluding tert-OH is 1. The van der Waals surface area contributed by atoms with Crippen LogP contribution in [0, 0.1) is 0 Å². The smallest absolute Gasteiger partial charge is 0.0624 e. The number of hydrogen-bond acceptors (Lipinski definition) is 2. The van der Waals surface area contributed by atoms with E-state index in [9.17, 15) is 0 Å². The molecule has 1 atom stereocenters. The molecule has 0 bridgehead atoms. The van der Waals surface area contributed by atoms with Gasteiger partial charge in [0.05, 0.1) is 12.6 Å². The van der Waals surface area contributed by atoms with Crippen LogP contribution in [-0.4, -0.2) is 11.7 Å². The number of hydrogen-bond donors (Lipinski definition) is 2. The molecule has 2 heteroatoms. The van der Waals surface area contributed by atoms with E-state index >= 15 is 0 Å². The van der Waals surface area contributed by atoms with Crippen molar-refractivity contribution in [1.29, 1.82) is 0 Å². The standard InChI is InChI=1S/C10H15NO/c1-2-8-5-3-4-6-9(8)10(11)7-12/h3-6,10,12H,2,7,11H2,1H3. The van der Waals surface area contributed by atoms with Crippen molar-refractivity contribution in [1.82, 2.24) is 0 Å². The van der Waals surface area contributed by atoms with Crippen LogP contribution in [0.25, 0.3) is 0 Å². The Morgan fingerprint density at radius 2 is 2.08 bits per heavy atom. The first-order valence-electron chi connectivity index (χ1n) is 4.23. The zero-order valence-electron chi connectivity index (χ0n) is 7.33. The zero-order chi connectivity index (χ0) is 8.97. The van der Waals surface area contributed by atoms with Crippen LogP contribution in [0.3, 0.4) is 0 Å². The Kier molecular flexibility index (Phi) is 3.26. The lowest BCUT2D eigenvalue weighted by molar-refractivity contribution is 0.267. The van der Waals surface area contributed by atoms with E-state index in [4.69, 9.17) is 10.8 Å². The number of benzene rings is 1. The van der Waals surface area contributed by atoms with Crippen molar-refractivity contribution in [3.8, 4) is 0 Å². The highest BCUT2D eigenvalue weighted by atomic mass is 16.3. The highest BCUT2D eigenvalue weighted by molar-refractivity contribution is 5.29. The van der Waals surface area contributed by atoms with E-state index in [0.29, 0.717) is 0 Å². The molecule has 3 N–H and O–H groups in total. The minimum absolute atomic E-state index is 0.0109. The van der Waals surface area contributed by atoms with Gasteiger partial charge in [-0.15, -0.1) is 0 Å². The van der Waals surface area contributed by atoms with Crippen molar-refractivity contribution in [3.05, 3.63) is 35.4 Å². The lowest BCUT2D eigenvalue weighted by Crippen LogP contribution is -2.16. The van der Waals surface area contributed by atoms with Crippen molar-refractivity contribution < 1.29 is 5.11 Å². The van der Waals surface area contributed by atoms with Crippen molar-refractivity contribution >= 4 is 0 Å². The fourth-order valence-electron chi connectivity index (χ4n) is 1.32. The van der Waals surface area contributed by atoms with Gasteiger partial charge in [0.25, 0.3) is 0 Å². The fraction of sp³-hybridized carbons (Fsp3) is 0.400. The van der Waals surface area contributed by atoms with Crippen LogP contribution in [0.15, 0.2) is 24.3 Å². The molecule has 0 aliphatic rings. The minimum atomic E-state index is -0.235. The molecule has 1 aromatic rings. The molecule has 0 spiro atoms. The third-order valence-corrected chi connectivity index (χ3v) is 2.03. The molecule has 2 nitrogen and oxygen atoms in total. The maximum Gasteiger partial charge on any atom is 0.0624 e. The van der Waals surface area contributed by atoms with Crippen LogP contribution in [0.2, 0.25) is 0 Å². The molecular weight excluding hydrogens is 150 g/mol. The summed E-state index contributed by atoms with van der Waals surface area (Å²) < 4.78 is 0. The van der Waals surface area contributed by atoms with Gasteiger partial charge < -0.3 is 10.8 Å². The monoisotopic (exact) mass is 165 g/mol. The Balaban J connectivity index is 2.96. The second kappa shape index (κ2) is 4.24. The summed E-state index contributed by atoms with van der Waals surface area (Å²) in [6.07, 6.45) is 0.962. The van der Waals surface area contributed by atoms with Crippen molar-refractivity contribution in [3.63, 3.8) is 0 Å². The number of aryl methyl sites for hydroxylation is 1. The highest BCUT2D eigenvalue weighted by Crippen LogP contribution is 2.15. The third kappa shape index (κ3) is 1.84. The molecular formula is C10H15NO. The van der Waals surface area contributed by atoms with Gasteiger partial charge in [0.1, 0.15) is 0 Å². The van der Waals surface area contributed by atoms with Crippen LogP contribution in [-0.2, 0) is 6.42 Å². The van der Waals surface area contributed by atoms with Crippen molar-refractivity contribution in [2.75, 3.05) is 6.61 Å². The van der Waals surface area contributed by atoms with E-state index in [1.807, 2.05) is 24.3 Å². The Hall–Kier alpha value is -0.860. The molecule has 0 aliphatic heterocycles. The summed E-state index contributed by atoms with van der Waals surface area (Å²) in [5, 5.41) is 8.88. The number of rotatable bonds is 3. The van der Waals surface area contributed by atoms with Crippen molar-refractivity contribution in [2.45, 2.75) is 19.4 Å². The van der Waals surface area contributed by atoms with E-state index < -0.39 is 0 Å². The molecule has 0 saturated heterocycles. The first kappa shape index (κ1) is 9.23. The molecule has 0 radical (unpaired) electrons. The second-order valence-electron chi connectivity index (χ2n) is 2.84. The summed E-state index contributed by atoms with van der Waals surface area (Å²) in [7, 11) is 0. The lowest BCUT2D eigenvalue weighted by atomic mass is 10.00. The maximum atomic E-state index is 8.88. The van der Waals surface area contributed by atoms with Crippen LogP contribution in [0.1, 0.15) is 24.1 Å². The first-order valence-corrected chi connectivity index (χ1v) is 4.23. The van der Waals surface area contributed by atoms with Crippen LogP contribution < -0.4 is 5.73 Å². The Bertz CT molecular complexity index is 247. The van der Waals surface area contributed by atoms with Crippen LogP contribution in [0.5, 0.6) is 0 Å². The van der Waals surface area contributed by atoms with Gasteiger partial charge in [-0.3, -0.25) is 0 Å². The Morgan fingerprint density at radius 1 is 1.42 bits per heavy atom. The predicted octanol–water partition coefficient (Wildman–Crippen LogP) is 1.24. The van der Waals surface area contributed by atoms with Gasteiger partial charge in [-0.2, -0.15) is 0 Å². The molecule has 66 valence electrons. The molecule has 0 saturated carbocycles. The summed E-state index contributed by atoms with van der Waals surface area (Å²) >= 11 is 0. The van der Waals surface area contributed by atoms with E-state index in [-0.39, 0.29) is 12.6 Å². The van der Waals surface area contributed by atoms with Gasteiger partial charge in [-0.05, 0) is 17.5 Å². The molecule has 1 rings (SSSR count). The van der Waals surface area contributed by atoms with E-state index in [0.717, 1.165) is 12.0 Å². The quantitative estimate of drug-likeness (QED) is 0.708. The molecule has 0 fully saturated rings. The van der Waals surface area contributed by atoms with Gasteiger partial charge in [-0.1, -0.05) is 31.2 Å². The molecule has 12 heavy (non-hydrogen) atoms. The number of aliphatic hydroxyl groups is 1. The van der Waals surface area contributed by atoms with E-state index in [2.05, 4.69) is 6.92 Å². The van der Waals surface area contributed by atoms with Gasteiger partial charge in [0.15, 0.2) is 0 Å². The minimum Gasteiger partial charge on any atom is -0.394 e. The second-order valence-corrected chi connectivity index (χ2v) is 2.84. The van der Waals surface area contributed by atoms with Crippen LogP contribution >= 0.6 is 0 Å². The maximum absolute atomic E-state index is 8.88. The molecule has 0 amide bonds. The van der Waals surface area contributed by atoms with E-state index in [1.165, 1.54) is 5.56 Å². The molecule has 1 aromatic carbocycles. The normalized spacial score (nSPS) is 12.9. The average Bonchev–Trinajstić information content (AvgIpc) is 2.16. The van der Waals surface area contributed by atoms with Crippen molar-refractivity contribution in [2.24, 2.45) is 5.73 Å².